The fourth-order valence-electron chi connectivity index (χ4n) is 3.77. The second kappa shape index (κ2) is 8.34. The highest BCUT2D eigenvalue weighted by atomic mass is 16.2. The van der Waals surface area contributed by atoms with Crippen LogP contribution in [0.3, 0.4) is 0 Å². The van der Waals surface area contributed by atoms with Crippen LogP contribution in [0.2, 0.25) is 0 Å². The Hall–Kier alpha value is -3.35. The van der Waals surface area contributed by atoms with Crippen LogP contribution in [0.15, 0.2) is 54.7 Å². The highest BCUT2D eigenvalue weighted by Gasteiger charge is 2.22. The van der Waals surface area contributed by atoms with Gasteiger partial charge in [-0.2, -0.15) is 5.10 Å². The van der Waals surface area contributed by atoms with E-state index in [4.69, 9.17) is 0 Å². The Kier molecular flexibility index (Phi) is 5.46. The number of hydrogen-bond donors (Lipinski definition) is 2. The number of anilines is 2. The zero-order chi connectivity index (χ0) is 20.2. The van der Waals surface area contributed by atoms with E-state index in [0.29, 0.717) is 0 Å². The summed E-state index contributed by atoms with van der Waals surface area (Å²) in [6.45, 7) is 5.64. The average molecular weight is 390 g/mol. The topological polar surface area (TPSA) is 75.1 Å². The molecule has 0 radical (unpaired) electrons. The van der Waals surface area contributed by atoms with E-state index in [1.807, 2.05) is 73.3 Å². The van der Waals surface area contributed by atoms with Crippen molar-refractivity contribution < 1.29 is 4.79 Å². The monoisotopic (exact) mass is 390 g/mol. The number of rotatable bonds is 4. The Bertz CT molecular complexity index is 962. The first-order chi connectivity index (χ1) is 14.1. The number of nitrogens with one attached hydrogen (secondary N) is 2. The molecule has 1 aliphatic rings. The number of urea groups is 1. The lowest BCUT2D eigenvalue weighted by molar-refractivity contribution is 0.246. The molecule has 0 bridgehead atoms. The molecule has 1 aliphatic heterocycles. The number of nitrogens with zero attached hydrogens (tertiary/aromatic N) is 4. The highest BCUT2D eigenvalue weighted by Crippen LogP contribution is 2.23. The first-order valence-corrected chi connectivity index (χ1v) is 9.97. The van der Waals surface area contributed by atoms with E-state index in [0.717, 1.165) is 54.5 Å². The van der Waals surface area contributed by atoms with Gasteiger partial charge >= 0.3 is 6.03 Å². The van der Waals surface area contributed by atoms with Crippen LogP contribution in [0.25, 0.3) is 5.69 Å². The van der Waals surface area contributed by atoms with Crippen molar-refractivity contribution in [3.05, 3.63) is 66.1 Å². The number of carbonyl (C=O) groups excluding carboxylic acids is 1. The Morgan fingerprint density at radius 1 is 1.03 bits per heavy atom. The zero-order valence-corrected chi connectivity index (χ0v) is 16.8. The molecule has 0 aliphatic carbocycles. The number of amides is 2. The van der Waals surface area contributed by atoms with Gasteiger partial charge in [0.05, 0.1) is 22.8 Å². The van der Waals surface area contributed by atoms with Crippen LogP contribution in [0.4, 0.5) is 16.3 Å². The van der Waals surface area contributed by atoms with E-state index in [9.17, 15) is 4.79 Å². The van der Waals surface area contributed by atoms with Crippen molar-refractivity contribution in [1.82, 2.24) is 20.1 Å². The molecule has 4 rings (SSSR count). The smallest absolute Gasteiger partial charge is 0.319 e. The molecule has 3 heterocycles. The van der Waals surface area contributed by atoms with Crippen molar-refractivity contribution in [2.45, 2.75) is 32.7 Å². The Morgan fingerprint density at radius 3 is 2.45 bits per heavy atom. The molecule has 0 spiro atoms. The van der Waals surface area contributed by atoms with Crippen LogP contribution < -0.4 is 15.5 Å². The van der Waals surface area contributed by atoms with Gasteiger partial charge < -0.3 is 15.5 Å². The van der Waals surface area contributed by atoms with Crippen molar-refractivity contribution in [2.75, 3.05) is 23.3 Å². The van der Waals surface area contributed by atoms with Crippen LogP contribution in [-0.2, 0) is 0 Å². The average Bonchev–Trinajstić information content (AvgIpc) is 3.04. The summed E-state index contributed by atoms with van der Waals surface area (Å²) in [5.41, 5.74) is 3.45. The minimum absolute atomic E-state index is 0.153. The van der Waals surface area contributed by atoms with Crippen molar-refractivity contribution in [3.8, 4) is 5.69 Å². The minimum Gasteiger partial charge on any atom is -0.356 e. The maximum atomic E-state index is 12.6. The van der Waals surface area contributed by atoms with E-state index in [2.05, 4.69) is 25.6 Å². The summed E-state index contributed by atoms with van der Waals surface area (Å²) < 4.78 is 1.86. The van der Waals surface area contributed by atoms with Crippen LogP contribution >= 0.6 is 0 Å². The van der Waals surface area contributed by atoms with Crippen LogP contribution in [0.5, 0.6) is 0 Å². The molecule has 2 amide bonds. The number of hydrogen-bond acceptors (Lipinski definition) is 4. The van der Waals surface area contributed by atoms with Gasteiger partial charge in [-0.05, 0) is 51.0 Å². The van der Waals surface area contributed by atoms with Crippen molar-refractivity contribution >= 4 is 17.5 Å². The van der Waals surface area contributed by atoms with Crippen molar-refractivity contribution in [1.29, 1.82) is 0 Å². The summed E-state index contributed by atoms with van der Waals surface area (Å²) in [5.74, 6) is 0.995. The van der Waals surface area contributed by atoms with E-state index in [-0.39, 0.29) is 12.1 Å². The molecule has 7 nitrogen and oxygen atoms in total. The number of aryl methyl sites for hydroxylation is 1. The minimum atomic E-state index is -0.180. The molecule has 2 aromatic heterocycles. The molecule has 3 aromatic rings. The van der Waals surface area contributed by atoms with Gasteiger partial charge in [0.15, 0.2) is 0 Å². The second-order valence-corrected chi connectivity index (χ2v) is 7.34. The summed E-state index contributed by atoms with van der Waals surface area (Å²) in [6.07, 6.45) is 3.60. The van der Waals surface area contributed by atoms with E-state index >= 15 is 0 Å². The molecule has 150 valence electrons. The molecule has 7 heteroatoms. The van der Waals surface area contributed by atoms with Crippen molar-refractivity contribution in [2.24, 2.45) is 0 Å². The zero-order valence-electron chi connectivity index (χ0n) is 16.8. The third-order valence-electron chi connectivity index (χ3n) is 5.33. The van der Waals surface area contributed by atoms with Gasteiger partial charge in [-0.3, -0.25) is 0 Å². The molecule has 29 heavy (non-hydrogen) atoms. The Labute approximate surface area is 170 Å². The maximum Gasteiger partial charge on any atom is 0.319 e. The Morgan fingerprint density at radius 2 is 1.76 bits per heavy atom. The van der Waals surface area contributed by atoms with E-state index < -0.39 is 0 Å². The number of aromatic nitrogens is 3. The normalized spacial score (nSPS) is 14.6. The SMILES string of the molecule is Cc1nn(-c2ccccc2)c(C)c1NC(=O)NC1CCN(c2ccccn2)CC1. The van der Waals surface area contributed by atoms with Crippen LogP contribution in [0.1, 0.15) is 24.2 Å². The lowest BCUT2D eigenvalue weighted by Gasteiger charge is -2.33. The summed E-state index contributed by atoms with van der Waals surface area (Å²) in [6, 6.07) is 15.8. The largest absolute Gasteiger partial charge is 0.356 e. The molecule has 2 N–H and O–H groups in total. The van der Waals surface area contributed by atoms with Gasteiger partial charge in [0, 0.05) is 25.3 Å². The van der Waals surface area contributed by atoms with Gasteiger partial charge in [-0.25, -0.2) is 14.5 Å². The summed E-state index contributed by atoms with van der Waals surface area (Å²) in [5, 5.41) is 10.7. The second-order valence-electron chi connectivity index (χ2n) is 7.34. The number of pyridine rings is 1. The molecule has 0 saturated carbocycles. The van der Waals surface area contributed by atoms with Gasteiger partial charge in [0.2, 0.25) is 0 Å². The molecular formula is C22H26N6O. The number of carbonyl (C=O) groups is 1. The molecule has 1 aromatic carbocycles. The number of benzene rings is 1. The lowest BCUT2D eigenvalue weighted by atomic mass is 10.1. The van der Waals surface area contributed by atoms with Crippen LogP contribution in [-0.4, -0.2) is 39.9 Å². The fourth-order valence-corrected chi connectivity index (χ4v) is 3.77. The van der Waals surface area contributed by atoms with E-state index in [1.165, 1.54) is 0 Å². The lowest BCUT2D eigenvalue weighted by Crippen LogP contribution is -2.46. The molecular weight excluding hydrogens is 364 g/mol. The molecule has 1 fully saturated rings. The maximum absolute atomic E-state index is 12.6. The van der Waals surface area contributed by atoms with E-state index in [1.54, 1.807) is 0 Å². The highest BCUT2D eigenvalue weighted by molar-refractivity contribution is 5.90. The summed E-state index contributed by atoms with van der Waals surface area (Å²) >= 11 is 0. The number of para-hydroxylation sites is 1. The Balaban J connectivity index is 1.36. The van der Waals surface area contributed by atoms with Crippen LogP contribution in [0, 0.1) is 13.8 Å². The summed E-state index contributed by atoms with van der Waals surface area (Å²) in [4.78, 5) is 19.3. The predicted molar refractivity (Wildman–Crippen MR) is 115 cm³/mol. The van der Waals surface area contributed by atoms with Gasteiger partial charge in [0.25, 0.3) is 0 Å². The fraction of sp³-hybridized carbons (Fsp3) is 0.318. The summed E-state index contributed by atoms with van der Waals surface area (Å²) in [7, 11) is 0. The third-order valence-corrected chi connectivity index (χ3v) is 5.33. The molecule has 0 atom stereocenters. The molecule has 0 unspecified atom stereocenters. The van der Waals surface area contributed by atoms with Gasteiger partial charge in [-0.15, -0.1) is 0 Å². The first kappa shape index (κ1) is 19.0. The standard InChI is InChI=1S/C22H26N6O/c1-16-21(17(2)28(26-16)19-8-4-3-5-9-19)25-22(29)24-18-11-14-27(15-12-18)20-10-6-7-13-23-20/h3-10,13,18H,11-12,14-15H2,1-2H3,(H2,24,25,29). The van der Waals surface area contributed by atoms with Crippen molar-refractivity contribution in [3.63, 3.8) is 0 Å². The van der Waals surface area contributed by atoms with Gasteiger partial charge in [0.1, 0.15) is 5.82 Å². The third kappa shape index (κ3) is 4.23. The first-order valence-electron chi connectivity index (χ1n) is 9.97. The molecule has 1 saturated heterocycles. The predicted octanol–water partition coefficient (Wildman–Crippen LogP) is 3.67. The van der Waals surface area contributed by atoms with Gasteiger partial charge in [-0.1, -0.05) is 24.3 Å². The number of piperidine rings is 1. The quantitative estimate of drug-likeness (QED) is 0.713.